The quantitative estimate of drug-likeness (QED) is 0.221. The highest BCUT2D eigenvalue weighted by atomic mass is 16.5. The van der Waals surface area contributed by atoms with E-state index in [2.05, 4.69) is 93.5 Å². The molecule has 0 radical (unpaired) electrons. The van der Waals surface area contributed by atoms with Gasteiger partial charge in [-0.05, 0) is 80.4 Å². The molecule has 3 aromatic rings. The molecule has 4 nitrogen and oxygen atoms in total. The average Bonchev–Trinajstić information content (AvgIpc) is 3.29. The van der Waals surface area contributed by atoms with E-state index in [1.807, 2.05) is 0 Å². The number of aromatic nitrogens is 1. The zero-order chi connectivity index (χ0) is 29.4. The van der Waals surface area contributed by atoms with Gasteiger partial charge >= 0.3 is 5.97 Å². The molecule has 1 aromatic heterocycles. The molecule has 0 saturated heterocycles. The van der Waals surface area contributed by atoms with Crippen LogP contribution < -0.4 is 0 Å². The minimum Gasteiger partial charge on any atom is -0.469 e. The molecule has 0 spiro atoms. The van der Waals surface area contributed by atoms with Crippen molar-refractivity contribution in [3.05, 3.63) is 59.2 Å². The molecule has 0 amide bonds. The summed E-state index contributed by atoms with van der Waals surface area (Å²) in [6.07, 6.45) is 7.91. The van der Waals surface area contributed by atoms with Crippen LogP contribution >= 0.6 is 0 Å². The van der Waals surface area contributed by atoms with Gasteiger partial charge in [0.15, 0.2) is 0 Å². The average molecular weight is 557 g/mol. The second-order valence-corrected chi connectivity index (χ2v) is 13.6. The van der Waals surface area contributed by atoms with Crippen LogP contribution in [0.3, 0.4) is 0 Å². The third-order valence-electron chi connectivity index (χ3n) is 10.5. The lowest BCUT2D eigenvalue weighted by Gasteiger charge is -2.54. The zero-order valence-corrected chi connectivity index (χ0v) is 26.7. The van der Waals surface area contributed by atoms with Gasteiger partial charge in [-0.1, -0.05) is 84.2 Å². The number of esters is 1. The first-order valence-corrected chi connectivity index (χ1v) is 16.3. The van der Waals surface area contributed by atoms with Gasteiger partial charge in [0.05, 0.1) is 18.2 Å². The van der Waals surface area contributed by atoms with E-state index < -0.39 is 5.41 Å². The molecule has 0 N–H and O–H groups in total. The van der Waals surface area contributed by atoms with Gasteiger partial charge in [0.1, 0.15) is 0 Å². The van der Waals surface area contributed by atoms with Gasteiger partial charge in [-0.2, -0.15) is 0 Å². The molecule has 1 saturated carbocycles. The second-order valence-electron chi connectivity index (χ2n) is 13.6. The van der Waals surface area contributed by atoms with Crippen LogP contribution in [0, 0.1) is 5.41 Å². The maximum Gasteiger partial charge on any atom is 0.312 e. The molecule has 2 aliphatic carbocycles. The highest BCUT2D eigenvalue weighted by Gasteiger charge is 2.58. The number of nitrogens with zero attached hydrogens (tertiary/aromatic N) is 2. The SMILES string of the molecule is CCCCN(CCCC)CCn1c2c(c3ccccc31)[C@H]1[C@](C)(C(=O)OC)CCC[C@]1(C)c1ccc(C(C)C)cc1-2. The molecule has 41 heavy (non-hydrogen) atoms. The van der Waals surface area contributed by atoms with Gasteiger partial charge < -0.3 is 14.2 Å². The number of carbonyl (C=O) groups excluding carboxylic acids is 1. The molecule has 5 rings (SSSR count). The standard InChI is InChI=1S/C37H52N2O2/c1-8-10-21-38(22-11-9-2)23-24-39-31-16-13-12-15-28(31)32-33(39)29-25-27(26(3)4)17-18-30(29)36(5)19-14-20-37(6,34(32)36)35(40)41-7/h12-13,15-18,25-26,34H,8-11,14,19-24H2,1-7H3/t34-,36-,37-/m1/s1. The summed E-state index contributed by atoms with van der Waals surface area (Å²) in [5.41, 5.74) is 7.47. The van der Waals surface area contributed by atoms with Crippen LogP contribution in [-0.4, -0.2) is 42.2 Å². The van der Waals surface area contributed by atoms with E-state index in [1.54, 1.807) is 7.11 Å². The van der Waals surface area contributed by atoms with Crippen molar-refractivity contribution in [1.82, 2.24) is 9.47 Å². The topological polar surface area (TPSA) is 34.5 Å². The molecular weight excluding hydrogens is 504 g/mol. The molecule has 0 unspecified atom stereocenters. The fourth-order valence-electron chi connectivity index (χ4n) is 8.30. The third-order valence-corrected chi connectivity index (χ3v) is 10.5. The molecule has 1 heterocycles. The zero-order valence-electron chi connectivity index (χ0n) is 26.7. The maximum atomic E-state index is 13.7. The minimum absolute atomic E-state index is 0.0611. The van der Waals surface area contributed by atoms with Crippen molar-refractivity contribution < 1.29 is 9.53 Å². The predicted molar refractivity (Wildman–Crippen MR) is 172 cm³/mol. The van der Waals surface area contributed by atoms with Crippen molar-refractivity contribution in [2.75, 3.05) is 26.7 Å². The van der Waals surface area contributed by atoms with Crippen molar-refractivity contribution in [3.8, 4) is 11.3 Å². The summed E-state index contributed by atoms with van der Waals surface area (Å²) >= 11 is 0. The van der Waals surface area contributed by atoms with Gasteiger partial charge in [-0.25, -0.2) is 0 Å². The van der Waals surface area contributed by atoms with Gasteiger partial charge in [-0.3, -0.25) is 4.79 Å². The summed E-state index contributed by atoms with van der Waals surface area (Å²) in [5, 5.41) is 1.31. The van der Waals surface area contributed by atoms with Crippen molar-refractivity contribution >= 4 is 16.9 Å². The Balaban J connectivity index is 1.76. The number of hydrogen-bond donors (Lipinski definition) is 0. The third kappa shape index (κ3) is 5.05. The number of ether oxygens (including phenoxy) is 1. The van der Waals surface area contributed by atoms with E-state index in [9.17, 15) is 4.79 Å². The fraction of sp³-hybridized carbons (Fsp3) is 0.595. The van der Waals surface area contributed by atoms with Crippen LogP contribution in [0.25, 0.3) is 22.2 Å². The molecular formula is C37H52N2O2. The highest BCUT2D eigenvalue weighted by Crippen LogP contribution is 2.65. The molecule has 1 fully saturated rings. The number of carbonyl (C=O) groups is 1. The van der Waals surface area contributed by atoms with Gasteiger partial charge in [0.2, 0.25) is 0 Å². The van der Waals surface area contributed by atoms with E-state index >= 15 is 0 Å². The number of hydrogen-bond acceptors (Lipinski definition) is 3. The largest absolute Gasteiger partial charge is 0.469 e. The molecule has 2 aromatic carbocycles. The van der Waals surface area contributed by atoms with E-state index in [0.717, 1.165) is 45.4 Å². The van der Waals surface area contributed by atoms with E-state index in [-0.39, 0.29) is 17.3 Å². The molecule has 2 aliphatic rings. The first-order valence-electron chi connectivity index (χ1n) is 16.3. The lowest BCUT2D eigenvalue weighted by molar-refractivity contribution is -0.157. The summed E-state index contributed by atoms with van der Waals surface area (Å²) < 4.78 is 8.18. The normalized spacial score (nSPS) is 23.5. The molecule has 0 bridgehead atoms. The van der Waals surface area contributed by atoms with Crippen LogP contribution in [0.15, 0.2) is 42.5 Å². The molecule has 222 valence electrons. The number of unbranched alkanes of at least 4 members (excludes halogenated alkanes) is 2. The summed E-state index contributed by atoms with van der Waals surface area (Å²) in [7, 11) is 1.57. The lowest BCUT2D eigenvalue weighted by Crippen LogP contribution is -2.50. The molecule has 3 atom stereocenters. The summed E-state index contributed by atoms with van der Waals surface area (Å²) in [6.45, 7) is 18.1. The van der Waals surface area contributed by atoms with Crippen molar-refractivity contribution in [1.29, 1.82) is 0 Å². The Bertz CT molecular complexity index is 1380. The van der Waals surface area contributed by atoms with Crippen LogP contribution in [-0.2, 0) is 21.5 Å². The molecule has 0 aliphatic heterocycles. The number of fused-ring (bicyclic) bond motifs is 8. The Labute approximate surface area is 248 Å². The minimum atomic E-state index is -0.575. The summed E-state index contributed by atoms with van der Waals surface area (Å²) in [6, 6.07) is 16.2. The Morgan fingerprint density at radius 3 is 2.39 bits per heavy atom. The smallest absolute Gasteiger partial charge is 0.312 e. The lowest BCUT2D eigenvalue weighted by atomic mass is 9.49. The predicted octanol–water partition coefficient (Wildman–Crippen LogP) is 9.05. The van der Waals surface area contributed by atoms with Crippen molar-refractivity contribution in [2.45, 2.75) is 110 Å². The Kier molecular flexibility index (Phi) is 8.71. The number of para-hydroxylation sites is 1. The maximum absolute atomic E-state index is 13.7. The summed E-state index contributed by atoms with van der Waals surface area (Å²) in [4.78, 5) is 16.3. The number of rotatable bonds is 11. The van der Waals surface area contributed by atoms with Crippen molar-refractivity contribution in [3.63, 3.8) is 0 Å². The number of benzene rings is 2. The van der Waals surface area contributed by atoms with Gasteiger partial charge in [-0.15, -0.1) is 0 Å². The second kappa shape index (κ2) is 12.0. The van der Waals surface area contributed by atoms with E-state index in [0.29, 0.717) is 5.92 Å². The summed E-state index contributed by atoms with van der Waals surface area (Å²) in [5.74, 6) is 0.451. The monoisotopic (exact) mass is 556 g/mol. The van der Waals surface area contributed by atoms with Crippen LogP contribution in [0.4, 0.5) is 0 Å². The molecule has 4 heteroatoms. The van der Waals surface area contributed by atoms with E-state index in [1.165, 1.54) is 64.5 Å². The van der Waals surface area contributed by atoms with Gasteiger partial charge in [0.25, 0.3) is 0 Å². The Hall–Kier alpha value is -2.59. The first-order chi connectivity index (χ1) is 19.7. The first kappa shape index (κ1) is 29.9. The van der Waals surface area contributed by atoms with Gasteiger partial charge in [0, 0.05) is 40.9 Å². The van der Waals surface area contributed by atoms with Crippen LogP contribution in [0.1, 0.15) is 115 Å². The van der Waals surface area contributed by atoms with Crippen LogP contribution in [0.2, 0.25) is 0 Å². The van der Waals surface area contributed by atoms with E-state index in [4.69, 9.17) is 4.74 Å². The fourth-order valence-corrected chi connectivity index (χ4v) is 8.30. The van der Waals surface area contributed by atoms with Crippen LogP contribution in [0.5, 0.6) is 0 Å². The highest BCUT2D eigenvalue weighted by molar-refractivity contribution is 5.96. The van der Waals surface area contributed by atoms with Crippen molar-refractivity contribution in [2.24, 2.45) is 5.41 Å². The number of methoxy groups -OCH3 is 1. The Morgan fingerprint density at radius 1 is 1.02 bits per heavy atom. The Morgan fingerprint density at radius 2 is 1.73 bits per heavy atom.